The van der Waals surface area contributed by atoms with Crippen molar-refractivity contribution in [2.45, 2.75) is 25.9 Å². The van der Waals surface area contributed by atoms with Crippen LogP contribution in [-0.2, 0) is 4.79 Å². The summed E-state index contributed by atoms with van der Waals surface area (Å²) in [5, 5.41) is 2.92. The van der Waals surface area contributed by atoms with E-state index in [1.807, 2.05) is 51.4 Å². The lowest BCUT2D eigenvalue weighted by Crippen LogP contribution is -2.39. The lowest BCUT2D eigenvalue weighted by Gasteiger charge is -2.17. The molecule has 106 valence electrons. The maximum Gasteiger partial charge on any atom is 0.261 e. The first-order valence-corrected chi connectivity index (χ1v) is 6.77. The van der Waals surface area contributed by atoms with Gasteiger partial charge in [-0.1, -0.05) is 25.1 Å². The van der Waals surface area contributed by atoms with E-state index in [2.05, 4.69) is 10.2 Å². The highest BCUT2D eigenvalue weighted by Crippen LogP contribution is 2.12. The van der Waals surface area contributed by atoms with Crippen LogP contribution in [0.5, 0.6) is 5.75 Å². The van der Waals surface area contributed by atoms with Crippen molar-refractivity contribution in [1.82, 2.24) is 10.2 Å². The molecule has 1 atom stereocenters. The molecule has 0 radical (unpaired) electrons. The third kappa shape index (κ3) is 6.25. The number of nitrogens with zero attached hydrogens (tertiary/aromatic N) is 1. The highest BCUT2D eigenvalue weighted by molar-refractivity contribution is 5.81. The predicted molar refractivity (Wildman–Crippen MR) is 77.3 cm³/mol. The van der Waals surface area contributed by atoms with Crippen LogP contribution in [0.4, 0.5) is 0 Å². The molecule has 0 fully saturated rings. The molecule has 0 aliphatic heterocycles. The van der Waals surface area contributed by atoms with E-state index >= 15 is 0 Å². The SMILES string of the molecule is CC[C@@H](Oc1ccccc1)C(=O)NCCCN(C)C. The molecular formula is C15H24N2O2. The number of carbonyl (C=O) groups excluding carboxylic acids is 1. The van der Waals surface area contributed by atoms with Gasteiger partial charge in [0.25, 0.3) is 5.91 Å². The van der Waals surface area contributed by atoms with Crippen molar-refractivity contribution in [2.24, 2.45) is 0 Å². The minimum Gasteiger partial charge on any atom is -0.481 e. The smallest absolute Gasteiger partial charge is 0.261 e. The standard InChI is InChI=1S/C15H24N2O2/c1-4-14(19-13-9-6-5-7-10-13)15(18)16-11-8-12-17(2)3/h5-7,9-10,14H,4,8,11-12H2,1-3H3,(H,16,18)/t14-/m1/s1. The fourth-order valence-corrected chi connectivity index (χ4v) is 1.71. The summed E-state index contributed by atoms with van der Waals surface area (Å²) in [6.07, 6.45) is 1.19. The summed E-state index contributed by atoms with van der Waals surface area (Å²) in [5.74, 6) is 0.697. The largest absolute Gasteiger partial charge is 0.481 e. The van der Waals surface area contributed by atoms with Crippen molar-refractivity contribution in [1.29, 1.82) is 0 Å². The zero-order valence-corrected chi connectivity index (χ0v) is 12.1. The van der Waals surface area contributed by atoms with Crippen LogP contribution in [0.1, 0.15) is 19.8 Å². The number of carbonyl (C=O) groups is 1. The molecule has 1 amide bonds. The second kappa shape index (κ2) is 8.53. The third-order valence-corrected chi connectivity index (χ3v) is 2.77. The molecule has 0 saturated carbocycles. The monoisotopic (exact) mass is 264 g/mol. The molecule has 0 aromatic heterocycles. The van der Waals surface area contributed by atoms with Gasteiger partial charge in [0.2, 0.25) is 0 Å². The summed E-state index contributed by atoms with van der Waals surface area (Å²) in [5.41, 5.74) is 0. The fraction of sp³-hybridized carbons (Fsp3) is 0.533. The van der Waals surface area contributed by atoms with E-state index in [1.165, 1.54) is 0 Å². The minimum atomic E-state index is -0.415. The van der Waals surface area contributed by atoms with Gasteiger partial charge in [0.05, 0.1) is 0 Å². The van der Waals surface area contributed by atoms with Gasteiger partial charge in [-0.2, -0.15) is 0 Å². The number of rotatable bonds is 8. The average Bonchev–Trinajstić information content (AvgIpc) is 2.41. The molecule has 1 aromatic rings. The first-order chi connectivity index (χ1) is 9.13. The van der Waals surface area contributed by atoms with E-state index < -0.39 is 6.10 Å². The molecule has 0 saturated heterocycles. The molecule has 1 aromatic carbocycles. The van der Waals surface area contributed by atoms with Gasteiger partial charge in [0, 0.05) is 6.54 Å². The Morgan fingerprint density at radius 3 is 2.58 bits per heavy atom. The summed E-state index contributed by atoms with van der Waals surface area (Å²) >= 11 is 0. The molecule has 4 heteroatoms. The number of hydrogen-bond acceptors (Lipinski definition) is 3. The summed E-state index contributed by atoms with van der Waals surface area (Å²) in [4.78, 5) is 14.1. The van der Waals surface area contributed by atoms with Gasteiger partial charge in [-0.05, 0) is 45.6 Å². The first-order valence-electron chi connectivity index (χ1n) is 6.77. The fourth-order valence-electron chi connectivity index (χ4n) is 1.71. The number of para-hydroxylation sites is 1. The predicted octanol–water partition coefficient (Wildman–Crippen LogP) is 1.91. The Morgan fingerprint density at radius 1 is 1.32 bits per heavy atom. The average molecular weight is 264 g/mol. The molecule has 0 unspecified atom stereocenters. The maximum absolute atomic E-state index is 12.0. The molecule has 0 heterocycles. The van der Waals surface area contributed by atoms with Gasteiger partial charge in [0.15, 0.2) is 6.10 Å². The van der Waals surface area contributed by atoms with Crippen LogP contribution in [0.2, 0.25) is 0 Å². The van der Waals surface area contributed by atoms with Crippen LogP contribution in [0.25, 0.3) is 0 Å². The van der Waals surface area contributed by atoms with Gasteiger partial charge in [-0.3, -0.25) is 4.79 Å². The lowest BCUT2D eigenvalue weighted by atomic mass is 10.2. The zero-order valence-electron chi connectivity index (χ0n) is 12.1. The van der Waals surface area contributed by atoms with Gasteiger partial charge < -0.3 is 15.0 Å². The number of benzene rings is 1. The highest BCUT2D eigenvalue weighted by atomic mass is 16.5. The van der Waals surface area contributed by atoms with E-state index in [1.54, 1.807) is 0 Å². The molecule has 1 rings (SSSR count). The molecular weight excluding hydrogens is 240 g/mol. The van der Waals surface area contributed by atoms with Crippen molar-refractivity contribution in [3.8, 4) is 5.75 Å². The van der Waals surface area contributed by atoms with Gasteiger partial charge in [-0.15, -0.1) is 0 Å². The van der Waals surface area contributed by atoms with E-state index in [-0.39, 0.29) is 5.91 Å². The van der Waals surface area contributed by atoms with Crippen LogP contribution in [0.15, 0.2) is 30.3 Å². The Labute approximate surface area is 115 Å². The highest BCUT2D eigenvalue weighted by Gasteiger charge is 2.17. The topological polar surface area (TPSA) is 41.6 Å². The van der Waals surface area contributed by atoms with Gasteiger partial charge in [-0.25, -0.2) is 0 Å². The van der Waals surface area contributed by atoms with E-state index in [0.29, 0.717) is 13.0 Å². The van der Waals surface area contributed by atoms with Crippen molar-refractivity contribution in [2.75, 3.05) is 27.2 Å². The van der Waals surface area contributed by atoms with E-state index in [0.717, 1.165) is 18.7 Å². The van der Waals surface area contributed by atoms with Crippen LogP contribution in [-0.4, -0.2) is 44.1 Å². The number of nitrogens with one attached hydrogen (secondary N) is 1. The van der Waals surface area contributed by atoms with Crippen LogP contribution >= 0.6 is 0 Å². The number of hydrogen-bond donors (Lipinski definition) is 1. The summed E-state index contributed by atoms with van der Waals surface area (Å²) in [6.45, 7) is 3.61. The van der Waals surface area contributed by atoms with Gasteiger partial charge in [0.1, 0.15) is 5.75 Å². The molecule has 0 bridgehead atoms. The molecule has 0 aliphatic rings. The second-order valence-electron chi connectivity index (χ2n) is 4.78. The zero-order chi connectivity index (χ0) is 14.1. The summed E-state index contributed by atoms with van der Waals surface area (Å²) in [7, 11) is 4.05. The second-order valence-corrected chi connectivity index (χ2v) is 4.78. The Balaban J connectivity index is 2.35. The number of ether oxygens (including phenoxy) is 1. The third-order valence-electron chi connectivity index (χ3n) is 2.77. The molecule has 19 heavy (non-hydrogen) atoms. The normalized spacial score (nSPS) is 12.2. The molecule has 4 nitrogen and oxygen atoms in total. The van der Waals surface area contributed by atoms with E-state index in [9.17, 15) is 4.79 Å². The molecule has 0 spiro atoms. The molecule has 0 aliphatic carbocycles. The Morgan fingerprint density at radius 2 is 2.00 bits per heavy atom. The van der Waals surface area contributed by atoms with Crippen molar-refractivity contribution in [3.63, 3.8) is 0 Å². The first kappa shape index (κ1) is 15.5. The van der Waals surface area contributed by atoms with Crippen LogP contribution < -0.4 is 10.1 Å². The lowest BCUT2D eigenvalue weighted by molar-refractivity contribution is -0.128. The number of amides is 1. The quantitative estimate of drug-likeness (QED) is 0.729. The van der Waals surface area contributed by atoms with Crippen molar-refractivity contribution in [3.05, 3.63) is 30.3 Å². The molecule has 1 N–H and O–H groups in total. The Hall–Kier alpha value is -1.55. The maximum atomic E-state index is 12.0. The minimum absolute atomic E-state index is 0.0369. The van der Waals surface area contributed by atoms with Crippen LogP contribution in [0, 0.1) is 0 Å². The van der Waals surface area contributed by atoms with E-state index in [4.69, 9.17) is 4.74 Å². The summed E-state index contributed by atoms with van der Waals surface area (Å²) in [6, 6.07) is 9.45. The van der Waals surface area contributed by atoms with Gasteiger partial charge >= 0.3 is 0 Å². The van der Waals surface area contributed by atoms with Crippen molar-refractivity contribution < 1.29 is 9.53 Å². The Bertz CT molecular complexity index is 366. The van der Waals surface area contributed by atoms with Crippen molar-refractivity contribution >= 4 is 5.91 Å². The Kier molecular flexibility index (Phi) is 6.97. The van der Waals surface area contributed by atoms with Crippen LogP contribution in [0.3, 0.4) is 0 Å². The summed E-state index contributed by atoms with van der Waals surface area (Å²) < 4.78 is 5.68.